The highest BCUT2D eigenvalue weighted by atomic mass is 16.6. The fraction of sp³-hybridized carbons (Fsp3) is 0.273. The summed E-state index contributed by atoms with van der Waals surface area (Å²) in [6, 6.07) is 3.20. The van der Waals surface area contributed by atoms with Gasteiger partial charge in [-0.3, -0.25) is 10.1 Å². The Kier molecular flexibility index (Phi) is 3.88. The lowest BCUT2D eigenvalue weighted by Gasteiger charge is -2.10. The Morgan fingerprint density at radius 2 is 2.25 bits per heavy atom. The van der Waals surface area contributed by atoms with Gasteiger partial charge in [0, 0.05) is 0 Å². The molecule has 5 nitrogen and oxygen atoms in total. The van der Waals surface area contributed by atoms with Gasteiger partial charge >= 0.3 is 5.69 Å². The third-order valence-electron chi connectivity index (χ3n) is 2.04. The van der Waals surface area contributed by atoms with Crippen LogP contribution in [0.5, 0.6) is 11.5 Å². The van der Waals surface area contributed by atoms with Crippen molar-refractivity contribution in [2.45, 2.75) is 6.92 Å². The van der Waals surface area contributed by atoms with Gasteiger partial charge in [0.2, 0.25) is 5.75 Å². The first kappa shape index (κ1) is 12.0. The topological polar surface area (TPSA) is 61.6 Å². The van der Waals surface area contributed by atoms with E-state index in [0.717, 1.165) is 0 Å². The minimum Gasteiger partial charge on any atom is -0.493 e. The van der Waals surface area contributed by atoms with Crippen LogP contribution in [0.15, 0.2) is 18.7 Å². The molecule has 5 heteroatoms. The molecule has 16 heavy (non-hydrogen) atoms. The summed E-state index contributed by atoms with van der Waals surface area (Å²) >= 11 is 0. The van der Waals surface area contributed by atoms with Crippen molar-refractivity contribution < 1.29 is 14.4 Å². The zero-order valence-electron chi connectivity index (χ0n) is 9.23. The number of nitro groups is 1. The average molecular weight is 223 g/mol. The van der Waals surface area contributed by atoms with E-state index in [2.05, 4.69) is 6.58 Å². The molecule has 0 aromatic heterocycles. The Hall–Kier alpha value is -2.04. The molecule has 0 aliphatic carbocycles. The van der Waals surface area contributed by atoms with E-state index in [1.165, 1.54) is 13.2 Å². The molecule has 0 bridgehead atoms. The van der Waals surface area contributed by atoms with Crippen LogP contribution in [-0.2, 0) is 0 Å². The van der Waals surface area contributed by atoms with Gasteiger partial charge in [-0.25, -0.2) is 0 Å². The lowest BCUT2D eigenvalue weighted by Crippen LogP contribution is -2.01. The van der Waals surface area contributed by atoms with Crippen LogP contribution in [0.25, 0.3) is 6.08 Å². The number of rotatable bonds is 5. The van der Waals surface area contributed by atoms with E-state index >= 15 is 0 Å². The number of ether oxygens (including phenoxy) is 2. The van der Waals surface area contributed by atoms with Crippen molar-refractivity contribution in [1.29, 1.82) is 0 Å². The van der Waals surface area contributed by atoms with Crippen LogP contribution in [-0.4, -0.2) is 18.6 Å². The molecule has 0 unspecified atom stereocenters. The number of hydrogen-bond donors (Lipinski definition) is 0. The molecular weight excluding hydrogens is 210 g/mol. The van der Waals surface area contributed by atoms with E-state index in [-0.39, 0.29) is 11.4 Å². The predicted molar refractivity (Wildman–Crippen MR) is 60.9 cm³/mol. The highest BCUT2D eigenvalue weighted by Gasteiger charge is 2.23. The van der Waals surface area contributed by atoms with Crippen molar-refractivity contribution in [3.05, 3.63) is 34.4 Å². The molecule has 0 saturated heterocycles. The van der Waals surface area contributed by atoms with Gasteiger partial charge < -0.3 is 9.47 Å². The van der Waals surface area contributed by atoms with E-state index in [4.69, 9.17) is 9.47 Å². The van der Waals surface area contributed by atoms with E-state index in [0.29, 0.717) is 17.9 Å². The molecule has 1 aromatic rings. The Balaban J connectivity index is 3.46. The van der Waals surface area contributed by atoms with E-state index < -0.39 is 4.92 Å². The van der Waals surface area contributed by atoms with Gasteiger partial charge in [-0.1, -0.05) is 12.7 Å². The van der Waals surface area contributed by atoms with Crippen molar-refractivity contribution in [3.63, 3.8) is 0 Å². The second kappa shape index (κ2) is 5.16. The zero-order valence-corrected chi connectivity index (χ0v) is 9.23. The van der Waals surface area contributed by atoms with Gasteiger partial charge in [0.1, 0.15) is 0 Å². The van der Waals surface area contributed by atoms with Crippen LogP contribution in [0, 0.1) is 10.1 Å². The SMILES string of the molecule is C=Cc1ccc(OC)c(OCC)c1[N+](=O)[O-]. The molecule has 0 fully saturated rings. The number of nitro benzene ring substituents is 1. The van der Waals surface area contributed by atoms with Gasteiger partial charge in [0.15, 0.2) is 5.75 Å². The summed E-state index contributed by atoms with van der Waals surface area (Å²) in [6.45, 7) is 5.61. The van der Waals surface area contributed by atoms with E-state index in [9.17, 15) is 10.1 Å². The maximum absolute atomic E-state index is 11.0. The van der Waals surface area contributed by atoms with Crippen LogP contribution in [0.2, 0.25) is 0 Å². The standard InChI is InChI=1S/C11H13NO4/c1-4-8-6-7-9(15-3)11(16-5-2)10(8)12(13)14/h4,6-7H,1,5H2,2-3H3. The van der Waals surface area contributed by atoms with Crippen LogP contribution in [0.4, 0.5) is 5.69 Å². The molecule has 0 atom stereocenters. The molecule has 0 saturated carbocycles. The molecule has 0 aliphatic heterocycles. The molecular formula is C11H13NO4. The molecule has 0 heterocycles. The molecule has 1 rings (SSSR count). The summed E-state index contributed by atoms with van der Waals surface area (Å²) in [5.74, 6) is 0.492. The Morgan fingerprint density at radius 3 is 2.69 bits per heavy atom. The van der Waals surface area contributed by atoms with Gasteiger partial charge in [-0.15, -0.1) is 0 Å². The quantitative estimate of drug-likeness (QED) is 0.568. The highest BCUT2D eigenvalue weighted by molar-refractivity contribution is 5.69. The molecule has 0 amide bonds. The number of hydrogen-bond acceptors (Lipinski definition) is 4. The largest absolute Gasteiger partial charge is 0.493 e. The summed E-state index contributed by atoms with van der Waals surface area (Å²) in [7, 11) is 1.44. The Bertz CT molecular complexity index is 415. The van der Waals surface area contributed by atoms with Gasteiger partial charge in [0.05, 0.1) is 24.2 Å². The normalized spacial score (nSPS) is 9.62. The summed E-state index contributed by atoms with van der Waals surface area (Å²) in [5, 5.41) is 11.0. The molecule has 0 spiro atoms. The first-order chi connectivity index (χ1) is 7.65. The average Bonchev–Trinajstić information content (AvgIpc) is 2.28. The van der Waals surface area contributed by atoms with Crippen LogP contribution >= 0.6 is 0 Å². The predicted octanol–water partition coefficient (Wildman–Crippen LogP) is 2.65. The number of methoxy groups -OCH3 is 1. The minimum atomic E-state index is -0.496. The molecule has 0 radical (unpaired) electrons. The van der Waals surface area contributed by atoms with Gasteiger partial charge in [-0.2, -0.15) is 0 Å². The van der Waals surface area contributed by atoms with Crippen molar-refractivity contribution in [1.82, 2.24) is 0 Å². The lowest BCUT2D eigenvalue weighted by molar-refractivity contribution is -0.386. The van der Waals surface area contributed by atoms with Crippen molar-refractivity contribution >= 4 is 11.8 Å². The van der Waals surface area contributed by atoms with Crippen molar-refractivity contribution in [2.75, 3.05) is 13.7 Å². The molecule has 1 aromatic carbocycles. The summed E-state index contributed by atoms with van der Waals surface area (Å²) in [6.07, 6.45) is 1.42. The van der Waals surface area contributed by atoms with E-state index in [1.807, 2.05) is 0 Å². The number of nitrogens with zero attached hydrogens (tertiary/aromatic N) is 1. The third kappa shape index (κ3) is 2.13. The Labute approximate surface area is 93.4 Å². The second-order valence-electron chi connectivity index (χ2n) is 2.93. The third-order valence-corrected chi connectivity index (χ3v) is 2.04. The summed E-state index contributed by atoms with van der Waals surface area (Å²) < 4.78 is 10.3. The summed E-state index contributed by atoms with van der Waals surface area (Å²) in [5.41, 5.74) is 0.297. The second-order valence-corrected chi connectivity index (χ2v) is 2.93. The summed E-state index contributed by atoms with van der Waals surface area (Å²) in [4.78, 5) is 10.5. The number of benzene rings is 1. The Morgan fingerprint density at radius 1 is 1.56 bits per heavy atom. The first-order valence-electron chi connectivity index (χ1n) is 4.76. The maximum atomic E-state index is 11.0. The van der Waals surface area contributed by atoms with Crippen molar-refractivity contribution in [2.24, 2.45) is 0 Å². The molecule has 86 valence electrons. The van der Waals surface area contributed by atoms with Gasteiger partial charge in [0.25, 0.3) is 0 Å². The van der Waals surface area contributed by atoms with Crippen LogP contribution in [0.3, 0.4) is 0 Å². The fourth-order valence-electron chi connectivity index (χ4n) is 1.37. The molecule has 0 N–H and O–H groups in total. The van der Waals surface area contributed by atoms with Crippen LogP contribution < -0.4 is 9.47 Å². The zero-order chi connectivity index (χ0) is 12.1. The first-order valence-corrected chi connectivity index (χ1v) is 4.76. The van der Waals surface area contributed by atoms with Crippen LogP contribution in [0.1, 0.15) is 12.5 Å². The van der Waals surface area contributed by atoms with Gasteiger partial charge in [-0.05, 0) is 19.1 Å². The minimum absolute atomic E-state index is 0.115. The maximum Gasteiger partial charge on any atom is 0.322 e. The highest BCUT2D eigenvalue weighted by Crippen LogP contribution is 2.39. The van der Waals surface area contributed by atoms with E-state index in [1.54, 1.807) is 19.1 Å². The smallest absolute Gasteiger partial charge is 0.322 e. The van der Waals surface area contributed by atoms with Crippen molar-refractivity contribution in [3.8, 4) is 11.5 Å². The fourth-order valence-corrected chi connectivity index (χ4v) is 1.37. The molecule has 0 aliphatic rings. The lowest BCUT2D eigenvalue weighted by atomic mass is 10.1. The monoisotopic (exact) mass is 223 g/mol.